The van der Waals surface area contributed by atoms with Crippen LogP contribution >= 0.6 is 0 Å². The molecule has 0 spiro atoms. The molecular formula is C15H20N2. The molecule has 0 unspecified atom stereocenters. The van der Waals surface area contributed by atoms with E-state index in [2.05, 4.69) is 49.6 Å². The Bertz CT molecular complexity index is 468. The van der Waals surface area contributed by atoms with E-state index in [1.54, 1.807) is 0 Å². The van der Waals surface area contributed by atoms with E-state index in [0.29, 0.717) is 0 Å². The van der Waals surface area contributed by atoms with Crippen LogP contribution in [-0.2, 0) is 0 Å². The predicted molar refractivity (Wildman–Crippen MR) is 74.9 cm³/mol. The van der Waals surface area contributed by atoms with E-state index in [-0.39, 0.29) is 0 Å². The molecule has 2 nitrogen and oxygen atoms in total. The molecule has 2 heteroatoms. The molecule has 1 fully saturated rings. The summed E-state index contributed by atoms with van der Waals surface area (Å²) in [7, 11) is 0. The van der Waals surface area contributed by atoms with E-state index in [9.17, 15) is 0 Å². The van der Waals surface area contributed by atoms with Gasteiger partial charge in [-0.2, -0.15) is 0 Å². The molecule has 2 rings (SSSR count). The normalized spacial score (nSPS) is 16.1. The zero-order chi connectivity index (χ0) is 12.4. The molecule has 0 atom stereocenters. The highest BCUT2D eigenvalue weighted by molar-refractivity contribution is 6.03. The van der Waals surface area contributed by atoms with Crippen LogP contribution in [0.5, 0.6) is 0 Å². The molecular weight excluding hydrogens is 208 g/mol. The Balaban J connectivity index is 2.31. The van der Waals surface area contributed by atoms with E-state index in [4.69, 9.17) is 0 Å². The van der Waals surface area contributed by atoms with Crippen molar-refractivity contribution in [3.63, 3.8) is 0 Å². The van der Waals surface area contributed by atoms with Gasteiger partial charge < -0.3 is 0 Å². The van der Waals surface area contributed by atoms with E-state index >= 15 is 0 Å². The second-order valence-electron chi connectivity index (χ2n) is 4.98. The van der Waals surface area contributed by atoms with Crippen LogP contribution in [0.4, 0.5) is 5.69 Å². The van der Waals surface area contributed by atoms with Gasteiger partial charge in [0.2, 0.25) is 0 Å². The number of nitrogens with zero attached hydrogens (tertiary/aromatic N) is 2. The number of hydrogen-bond acceptors (Lipinski definition) is 2. The second kappa shape index (κ2) is 4.82. The van der Waals surface area contributed by atoms with Gasteiger partial charge in [-0.3, -0.25) is 9.98 Å². The molecule has 1 aromatic rings. The summed E-state index contributed by atoms with van der Waals surface area (Å²) in [5, 5.41) is 0. The smallest absolute Gasteiger partial charge is 0.0715 e. The highest BCUT2D eigenvalue weighted by atomic mass is 14.8. The van der Waals surface area contributed by atoms with Crippen molar-refractivity contribution < 1.29 is 0 Å². The molecule has 90 valence electrons. The third-order valence-corrected chi connectivity index (χ3v) is 3.46. The fourth-order valence-electron chi connectivity index (χ4n) is 1.87. The van der Waals surface area contributed by atoms with Crippen LogP contribution in [0.2, 0.25) is 0 Å². The minimum Gasteiger partial charge on any atom is -0.289 e. The largest absolute Gasteiger partial charge is 0.289 e. The first-order valence-electron chi connectivity index (χ1n) is 6.21. The Hall–Kier alpha value is -1.44. The quantitative estimate of drug-likeness (QED) is 0.699. The molecule has 0 N–H and O–H groups in total. The fraction of sp³-hybridized carbons (Fsp3) is 0.467. The monoisotopic (exact) mass is 228 g/mol. The molecule has 1 aromatic carbocycles. The molecule has 0 amide bonds. The standard InChI is InChI=1S/C15H20N2/c1-10-7-14(15(16-4)8-11(10)2)12(3)17-9-13-5-6-13/h7-8,13H,4-6,9H2,1-3H3. The Labute approximate surface area is 104 Å². The minimum atomic E-state index is 0.830. The maximum atomic E-state index is 4.66. The van der Waals surface area contributed by atoms with Gasteiger partial charge >= 0.3 is 0 Å². The molecule has 0 bridgehead atoms. The number of benzene rings is 1. The number of aliphatic imine (C=N–C) groups is 2. The second-order valence-corrected chi connectivity index (χ2v) is 4.98. The lowest BCUT2D eigenvalue weighted by molar-refractivity contribution is 0.848. The Morgan fingerprint density at radius 1 is 1.29 bits per heavy atom. The van der Waals surface area contributed by atoms with Crippen molar-refractivity contribution >= 4 is 18.1 Å². The molecule has 0 radical (unpaired) electrons. The van der Waals surface area contributed by atoms with Gasteiger partial charge in [-0.1, -0.05) is 0 Å². The van der Waals surface area contributed by atoms with Gasteiger partial charge in [0, 0.05) is 17.8 Å². The van der Waals surface area contributed by atoms with E-state index in [1.165, 1.54) is 24.0 Å². The number of rotatable bonds is 4. The van der Waals surface area contributed by atoms with Gasteiger partial charge in [-0.05, 0) is 69.5 Å². The van der Waals surface area contributed by atoms with E-state index in [1.807, 2.05) is 0 Å². The van der Waals surface area contributed by atoms with Crippen LogP contribution in [0.3, 0.4) is 0 Å². The molecule has 1 aliphatic rings. The molecule has 0 aromatic heterocycles. The highest BCUT2D eigenvalue weighted by Gasteiger charge is 2.20. The van der Waals surface area contributed by atoms with Crippen LogP contribution in [0.15, 0.2) is 22.1 Å². The van der Waals surface area contributed by atoms with Gasteiger partial charge in [-0.25, -0.2) is 0 Å². The summed E-state index contributed by atoms with van der Waals surface area (Å²) in [5.74, 6) is 0.830. The topological polar surface area (TPSA) is 24.7 Å². The lowest BCUT2D eigenvalue weighted by atomic mass is 10.0. The molecule has 0 heterocycles. The van der Waals surface area contributed by atoms with Crippen molar-refractivity contribution in [1.29, 1.82) is 0 Å². The first kappa shape index (κ1) is 12.0. The molecule has 0 saturated heterocycles. The first-order valence-corrected chi connectivity index (χ1v) is 6.21. The van der Waals surface area contributed by atoms with Crippen molar-refractivity contribution in [3.05, 3.63) is 28.8 Å². The van der Waals surface area contributed by atoms with Crippen molar-refractivity contribution in [3.8, 4) is 0 Å². The SMILES string of the molecule is C=Nc1cc(C)c(C)cc1C(C)=NCC1CC1. The van der Waals surface area contributed by atoms with Gasteiger partial charge in [-0.15, -0.1) is 0 Å². The summed E-state index contributed by atoms with van der Waals surface area (Å²) in [5.41, 5.74) is 5.70. The highest BCUT2D eigenvalue weighted by Crippen LogP contribution is 2.30. The third kappa shape index (κ3) is 2.82. The van der Waals surface area contributed by atoms with E-state index in [0.717, 1.165) is 29.4 Å². The number of hydrogen-bond donors (Lipinski definition) is 0. The van der Waals surface area contributed by atoms with Gasteiger partial charge in [0.05, 0.1) is 5.69 Å². The van der Waals surface area contributed by atoms with Gasteiger partial charge in [0.1, 0.15) is 0 Å². The van der Waals surface area contributed by atoms with Crippen molar-refractivity contribution in [2.45, 2.75) is 33.6 Å². The maximum Gasteiger partial charge on any atom is 0.0715 e. The lowest BCUT2D eigenvalue weighted by Crippen LogP contribution is -1.99. The summed E-state index contributed by atoms with van der Waals surface area (Å²) in [6.45, 7) is 10.9. The van der Waals surface area contributed by atoms with Crippen LogP contribution in [0.1, 0.15) is 36.5 Å². The van der Waals surface area contributed by atoms with Crippen molar-refractivity contribution in [1.82, 2.24) is 0 Å². The van der Waals surface area contributed by atoms with Crippen molar-refractivity contribution in [2.24, 2.45) is 15.9 Å². The summed E-state index contributed by atoms with van der Waals surface area (Å²) >= 11 is 0. The van der Waals surface area contributed by atoms with Crippen molar-refractivity contribution in [2.75, 3.05) is 6.54 Å². The Morgan fingerprint density at radius 2 is 1.94 bits per heavy atom. The Morgan fingerprint density at radius 3 is 2.53 bits per heavy atom. The minimum absolute atomic E-state index is 0.830. The zero-order valence-corrected chi connectivity index (χ0v) is 11.0. The average Bonchev–Trinajstić information content (AvgIpc) is 3.13. The van der Waals surface area contributed by atoms with Gasteiger partial charge in [0.25, 0.3) is 0 Å². The van der Waals surface area contributed by atoms with Gasteiger partial charge in [0.15, 0.2) is 0 Å². The molecule has 17 heavy (non-hydrogen) atoms. The Kier molecular flexibility index (Phi) is 3.41. The lowest BCUT2D eigenvalue weighted by Gasteiger charge is -2.09. The van der Waals surface area contributed by atoms with Crippen LogP contribution in [0, 0.1) is 19.8 Å². The summed E-state index contributed by atoms with van der Waals surface area (Å²) < 4.78 is 0. The summed E-state index contributed by atoms with van der Waals surface area (Å²) in [6, 6.07) is 4.26. The zero-order valence-electron chi connectivity index (χ0n) is 11.0. The van der Waals surface area contributed by atoms with Crippen LogP contribution < -0.4 is 0 Å². The van der Waals surface area contributed by atoms with E-state index < -0.39 is 0 Å². The van der Waals surface area contributed by atoms with Crippen LogP contribution in [0.25, 0.3) is 0 Å². The van der Waals surface area contributed by atoms with Crippen LogP contribution in [-0.4, -0.2) is 19.0 Å². The summed E-state index contributed by atoms with van der Waals surface area (Å²) in [6.07, 6.45) is 2.69. The average molecular weight is 228 g/mol. The number of aryl methyl sites for hydroxylation is 2. The maximum absolute atomic E-state index is 4.66. The predicted octanol–water partition coefficient (Wildman–Crippen LogP) is 3.85. The third-order valence-electron chi connectivity index (χ3n) is 3.46. The summed E-state index contributed by atoms with van der Waals surface area (Å²) in [4.78, 5) is 8.77. The fourth-order valence-corrected chi connectivity index (χ4v) is 1.87. The molecule has 1 saturated carbocycles. The molecule has 0 aliphatic heterocycles. The molecule has 1 aliphatic carbocycles. The first-order chi connectivity index (χ1) is 8.11.